The van der Waals surface area contributed by atoms with Gasteiger partial charge in [-0.1, -0.05) is 31.2 Å². The molecule has 2 aliphatic heterocycles. The van der Waals surface area contributed by atoms with E-state index in [1.807, 2.05) is 0 Å². The van der Waals surface area contributed by atoms with E-state index in [1.54, 1.807) is 0 Å². The van der Waals surface area contributed by atoms with Crippen LogP contribution in [0.15, 0.2) is 24.3 Å². The van der Waals surface area contributed by atoms with Crippen LogP contribution in [-0.4, -0.2) is 67.8 Å². The summed E-state index contributed by atoms with van der Waals surface area (Å²) in [5.41, 5.74) is 2.43. The van der Waals surface area contributed by atoms with E-state index in [2.05, 4.69) is 58.5 Å². The third-order valence-corrected chi connectivity index (χ3v) is 5.86. The van der Waals surface area contributed by atoms with Crippen LogP contribution in [0.3, 0.4) is 0 Å². The number of hydrogen-bond donors (Lipinski definition) is 2. The maximum Gasteiger partial charge on any atom is 0.315 e. The zero-order valence-electron chi connectivity index (χ0n) is 17.5. The number of morpholine rings is 1. The van der Waals surface area contributed by atoms with E-state index in [-0.39, 0.29) is 6.03 Å². The van der Waals surface area contributed by atoms with E-state index >= 15 is 0 Å². The Morgan fingerprint density at radius 3 is 2.57 bits per heavy atom. The first kappa shape index (κ1) is 21.1. The average molecular weight is 389 g/mol. The molecule has 6 heteroatoms. The minimum Gasteiger partial charge on any atom is -0.379 e. The van der Waals surface area contributed by atoms with Crippen molar-refractivity contribution in [1.82, 2.24) is 20.4 Å². The number of hydrogen-bond acceptors (Lipinski definition) is 4. The highest BCUT2D eigenvalue weighted by Crippen LogP contribution is 2.17. The Morgan fingerprint density at radius 2 is 1.86 bits per heavy atom. The first-order valence-corrected chi connectivity index (χ1v) is 10.7. The van der Waals surface area contributed by atoms with Crippen molar-refractivity contribution < 1.29 is 9.53 Å². The van der Waals surface area contributed by atoms with Crippen LogP contribution in [0.2, 0.25) is 0 Å². The van der Waals surface area contributed by atoms with Crippen molar-refractivity contribution in [3.63, 3.8) is 0 Å². The normalized spacial score (nSPS) is 22.6. The van der Waals surface area contributed by atoms with Crippen molar-refractivity contribution in [2.24, 2.45) is 5.92 Å². The third-order valence-electron chi connectivity index (χ3n) is 5.86. The maximum atomic E-state index is 12.1. The Kier molecular flexibility index (Phi) is 8.13. The van der Waals surface area contributed by atoms with Gasteiger partial charge in [0.1, 0.15) is 0 Å². The second-order valence-electron chi connectivity index (χ2n) is 8.36. The Hall–Kier alpha value is -1.63. The minimum absolute atomic E-state index is 0.0886. The van der Waals surface area contributed by atoms with Gasteiger partial charge >= 0.3 is 6.03 Å². The number of piperidine rings is 1. The number of nitrogens with zero attached hydrogens (tertiary/aromatic N) is 2. The summed E-state index contributed by atoms with van der Waals surface area (Å²) in [5, 5.41) is 5.99. The summed E-state index contributed by atoms with van der Waals surface area (Å²) in [7, 11) is 0. The number of carbonyl (C=O) groups excluding carboxylic acids is 1. The number of likely N-dealkylation sites (tertiary alicyclic amines) is 1. The molecule has 2 unspecified atom stereocenters. The van der Waals surface area contributed by atoms with Gasteiger partial charge in [0.2, 0.25) is 0 Å². The van der Waals surface area contributed by atoms with Gasteiger partial charge in [-0.2, -0.15) is 0 Å². The highest BCUT2D eigenvalue weighted by molar-refractivity contribution is 5.73. The fourth-order valence-corrected chi connectivity index (χ4v) is 4.02. The summed E-state index contributed by atoms with van der Waals surface area (Å²) in [6, 6.07) is 8.82. The Labute approximate surface area is 169 Å². The highest BCUT2D eigenvalue weighted by Gasteiger charge is 2.21. The van der Waals surface area contributed by atoms with Gasteiger partial charge in [-0.15, -0.1) is 0 Å². The van der Waals surface area contributed by atoms with E-state index < -0.39 is 0 Å². The highest BCUT2D eigenvalue weighted by atomic mass is 16.5. The molecule has 3 rings (SSSR count). The third kappa shape index (κ3) is 6.76. The summed E-state index contributed by atoms with van der Waals surface area (Å²) in [4.78, 5) is 17.0. The summed E-state index contributed by atoms with van der Waals surface area (Å²) < 4.78 is 5.39. The number of urea groups is 1. The van der Waals surface area contributed by atoms with Crippen molar-refractivity contribution in [2.45, 2.75) is 45.8 Å². The van der Waals surface area contributed by atoms with Crippen LogP contribution in [0.1, 0.15) is 37.8 Å². The maximum absolute atomic E-state index is 12.1. The molecule has 0 aliphatic carbocycles. The van der Waals surface area contributed by atoms with Gasteiger partial charge in [0.05, 0.1) is 13.2 Å². The molecule has 28 heavy (non-hydrogen) atoms. The van der Waals surface area contributed by atoms with E-state index in [0.29, 0.717) is 19.1 Å². The molecule has 0 spiro atoms. The lowest BCUT2D eigenvalue weighted by Crippen LogP contribution is -2.48. The van der Waals surface area contributed by atoms with Crippen LogP contribution in [0.5, 0.6) is 0 Å². The van der Waals surface area contributed by atoms with Crippen LogP contribution < -0.4 is 10.6 Å². The molecule has 6 nitrogen and oxygen atoms in total. The summed E-state index contributed by atoms with van der Waals surface area (Å²) >= 11 is 0. The molecule has 0 radical (unpaired) electrons. The summed E-state index contributed by atoms with van der Waals surface area (Å²) in [6.07, 6.45) is 2.58. The number of benzene rings is 1. The predicted molar refractivity (Wildman–Crippen MR) is 112 cm³/mol. The number of ether oxygens (including phenoxy) is 1. The SMILES string of the molecule is CC1CCCN(C(C)CNC(=O)NCc2ccc(CN3CCOCC3)cc2)C1. The molecule has 2 fully saturated rings. The molecule has 2 N–H and O–H groups in total. The van der Waals surface area contributed by atoms with Crippen LogP contribution in [0, 0.1) is 5.92 Å². The predicted octanol–water partition coefficient (Wildman–Crippen LogP) is 2.44. The van der Waals surface area contributed by atoms with E-state index in [1.165, 1.54) is 18.4 Å². The standard InChI is InChI=1S/C22H36N4O2/c1-18-4-3-9-26(16-18)19(2)14-23-22(27)24-15-20-5-7-21(8-6-20)17-25-10-12-28-13-11-25/h5-8,18-19H,3-4,9-17H2,1-2H3,(H2,23,24,27). The van der Waals surface area contributed by atoms with Gasteiger partial charge in [-0.05, 0) is 43.4 Å². The summed E-state index contributed by atoms with van der Waals surface area (Å²) in [6.45, 7) is 12.7. The van der Waals surface area contributed by atoms with Crippen LogP contribution in [-0.2, 0) is 17.8 Å². The van der Waals surface area contributed by atoms with Gasteiger partial charge in [-0.25, -0.2) is 4.79 Å². The van der Waals surface area contributed by atoms with Crippen molar-refractivity contribution in [1.29, 1.82) is 0 Å². The molecular formula is C22H36N4O2. The molecule has 1 aromatic carbocycles. The Morgan fingerprint density at radius 1 is 1.14 bits per heavy atom. The van der Waals surface area contributed by atoms with Crippen molar-refractivity contribution in [3.05, 3.63) is 35.4 Å². The van der Waals surface area contributed by atoms with E-state index in [4.69, 9.17) is 4.74 Å². The molecule has 2 heterocycles. The van der Waals surface area contributed by atoms with Crippen molar-refractivity contribution in [3.8, 4) is 0 Å². The molecule has 156 valence electrons. The topological polar surface area (TPSA) is 56.8 Å². The number of carbonyl (C=O) groups is 1. The summed E-state index contributed by atoms with van der Waals surface area (Å²) in [5.74, 6) is 0.760. The smallest absolute Gasteiger partial charge is 0.315 e. The number of rotatable bonds is 7. The Balaban J connectivity index is 1.34. The monoisotopic (exact) mass is 388 g/mol. The molecule has 0 bridgehead atoms. The first-order chi connectivity index (χ1) is 13.6. The van der Waals surface area contributed by atoms with Gasteiger partial charge in [-0.3, -0.25) is 9.80 Å². The molecule has 2 amide bonds. The molecular weight excluding hydrogens is 352 g/mol. The fourth-order valence-electron chi connectivity index (χ4n) is 4.02. The van der Waals surface area contributed by atoms with Crippen LogP contribution >= 0.6 is 0 Å². The van der Waals surface area contributed by atoms with E-state index in [9.17, 15) is 4.79 Å². The van der Waals surface area contributed by atoms with Crippen molar-refractivity contribution >= 4 is 6.03 Å². The largest absolute Gasteiger partial charge is 0.379 e. The lowest BCUT2D eigenvalue weighted by Gasteiger charge is -2.35. The van der Waals surface area contributed by atoms with Crippen molar-refractivity contribution in [2.75, 3.05) is 45.9 Å². The lowest BCUT2D eigenvalue weighted by atomic mass is 9.99. The second kappa shape index (κ2) is 10.8. The molecule has 0 aromatic heterocycles. The van der Waals surface area contributed by atoms with Crippen LogP contribution in [0.4, 0.5) is 4.79 Å². The molecule has 0 saturated carbocycles. The van der Waals surface area contributed by atoms with Gasteiger partial charge in [0.25, 0.3) is 0 Å². The van der Waals surface area contributed by atoms with E-state index in [0.717, 1.165) is 57.4 Å². The average Bonchev–Trinajstić information content (AvgIpc) is 2.72. The van der Waals surface area contributed by atoms with Crippen LogP contribution in [0.25, 0.3) is 0 Å². The van der Waals surface area contributed by atoms with Gasteiger partial charge in [0.15, 0.2) is 0 Å². The zero-order valence-corrected chi connectivity index (χ0v) is 17.5. The quantitative estimate of drug-likeness (QED) is 0.753. The fraction of sp³-hybridized carbons (Fsp3) is 0.682. The van der Waals surface area contributed by atoms with Gasteiger partial charge in [0, 0.05) is 45.3 Å². The molecule has 2 atom stereocenters. The van der Waals surface area contributed by atoms with Gasteiger partial charge < -0.3 is 15.4 Å². The molecule has 2 aliphatic rings. The molecule has 1 aromatic rings. The Bertz CT molecular complexity index is 601. The first-order valence-electron chi connectivity index (χ1n) is 10.7. The second-order valence-corrected chi connectivity index (χ2v) is 8.36. The minimum atomic E-state index is -0.0886. The number of amides is 2. The number of nitrogens with one attached hydrogen (secondary N) is 2. The zero-order chi connectivity index (χ0) is 19.8. The lowest BCUT2D eigenvalue weighted by molar-refractivity contribution is 0.0342. The molecule has 2 saturated heterocycles.